The zero-order valence-electron chi connectivity index (χ0n) is 32.7. The van der Waals surface area contributed by atoms with E-state index < -0.39 is 5.24 Å². The summed E-state index contributed by atoms with van der Waals surface area (Å²) < 4.78 is 0. The van der Waals surface area contributed by atoms with Gasteiger partial charge in [-0.1, -0.05) is 121 Å². The topological polar surface area (TPSA) is 139 Å². The van der Waals surface area contributed by atoms with Crippen LogP contribution < -0.4 is 69.7 Å². The quantitative estimate of drug-likeness (QED) is 0.0554. The van der Waals surface area contributed by atoms with E-state index in [2.05, 4.69) is 22.3 Å². The van der Waals surface area contributed by atoms with Crippen molar-refractivity contribution in [3.8, 4) is 0 Å². The summed E-state index contributed by atoms with van der Waals surface area (Å²) in [5.74, 6) is -0.0734. The Morgan fingerprint density at radius 2 is 1.13 bits per heavy atom. The fourth-order valence-corrected chi connectivity index (χ4v) is 5.49. The number of carbonyl (C=O) groups excluding carboxylic acids is 3. The number of fused-ring (bicyclic) bond motifs is 2. The number of amides is 1. The van der Waals surface area contributed by atoms with Gasteiger partial charge in [-0.15, -0.1) is 0 Å². The van der Waals surface area contributed by atoms with E-state index >= 15 is 0 Å². The van der Waals surface area contributed by atoms with E-state index in [0.29, 0.717) is 17.5 Å². The van der Waals surface area contributed by atoms with Gasteiger partial charge in [-0.05, 0) is 88.4 Å². The number of halogens is 1. The number of rotatable bonds is 11. The van der Waals surface area contributed by atoms with Gasteiger partial charge in [0.05, 0.1) is 19.3 Å². The molecule has 0 radical (unpaired) electrons. The number of carbonyl (C=O) groups is 3. The van der Waals surface area contributed by atoms with Gasteiger partial charge in [-0.25, -0.2) is 0 Å². The predicted molar refractivity (Wildman–Crippen MR) is 210 cm³/mol. The summed E-state index contributed by atoms with van der Waals surface area (Å²) >= 11 is 5.36. The van der Waals surface area contributed by atoms with Crippen LogP contribution in [0.3, 0.4) is 0 Å². The van der Waals surface area contributed by atoms with Crippen LogP contribution in [0, 0.1) is 0 Å². The second kappa shape index (κ2) is 28.0. The first kappa shape index (κ1) is 49.6. The van der Waals surface area contributed by atoms with Crippen molar-refractivity contribution in [3.63, 3.8) is 0 Å². The average molecular weight is 783 g/mol. The van der Waals surface area contributed by atoms with Crippen LogP contribution in [0.2, 0.25) is 0 Å². The molecular weight excluding hydrogens is 738 g/mol. The number of likely N-dealkylation sites (N-methyl/N-ethyl adjacent to an activating group) is 2. The van der Waals surface area contributed by atoms with Crippen LogP contribution in [-0.4, -0.2) is 72.1 Å². The minimum absolute atomic E-state index is 0. The monoisotopic (exact) mass is 782 g/mol. The Labute approximate surface area is 373 Å². The number of aliphatic hydroxyl groups excluding tert-OH is 2. The molecule has 0 aliphatic rings. The maximum atomic E-state index is 12.8. The van der Waals surface area contributed by atoms with E-state index in [1.54, 1.807) is 24.1 Å². The molecule has 278 valence electrons. The Morgan fingerprint density at radius 1 is 0.709 bits per heavy atom. The summed E-state index contributed by atoms with van der Waals surface area (Å²) in [5, 5.41) is 34.0. The summed E-state index contributed by atoms with van der Waals surface area (Å²) in [6, 6.07) is 47.0. The third kappa shape index (κ3) is 17.1. The molecular formula is C43H45ClN2Na2O7. The van der Waals surface area contributed by atoms with Crippen LogP contribution in [0.15, 0.2) is 146 Å². The molecule has 0 heterocycles. The van der Waals surface area contributed by atoms with E-state index in [9.17, 15) is 14.7 Å². The number of hydrogen-bond acceptors (Lipinski definition) is 8. The number of nitrogens with one attached hydrogen (secondary N) is 1. The third-order valence-corrected chi connectivity index (χ3v) is 8.58. The van der Waals surface area contributed by atoms with Crippen LogP contribution in [0.5, 0.6) is 0 Å². The molecule has 0 aliphatic carbocycles. The van der Waals surface area contributed by atoms with Gasteiger partial charge in [0, 0.05) is 24.2 Å². The van der Waals surface area contributed by atoms with Gasteiger partial charge in [0.2, 0.25) is 0 Å². The Bertz CT molecular complexity index is 2010. The van der Waals surface area contributed by atoms with Crippen LogP contribution in [-0.2, 0) is 22.5 Å². The Balaban J connectivity index is 0.000000808. The van der Waals surface area contributed by atoms with Crippen molar-refractivity contribution in [2.45, 2.75) is 24.9 Å². The van der Waals surface area contributed by atoms with Crippen molar-refractivity contribution in [1.29, 1.82) is 0 Å². The molecule has 0 aliphatic heterocycles. The molecule has 0 spiro atoms. The van der Waals surface area contributed by atoms with Crippen molar-refractivity contribution >= 4 is 50.8 Å². The standard InChI is InChI=1S/C21H21NO2.C11H7ClO.C10H15NO.CH2O3.2Na.H/c1-22(20(15-23)13-16-7-3-2-4-8-16)21(24)19-12-11-17-9-5-6-10-18(17)14-19;12-11(13)10-6-5-8-3-1-2-4-9(8)7-10;1-11-10(8-12)7-9-5-3-2-4-6-9;2-1-4-3;;;/h2-12,14,20,23H,13,15H2,1H3;1-7H;2-6,10-12H,7-8H2,1H3;1,3H;;;/q;;;;2*+1;-1/p-1/t20-;;10-;;;;/m1.1..../s1. The van der Waals surface area contributed by atoms with Gasteiger partial charge in [-0.2, -0.15) is 0 Å². The summed E-state index contributed by atoms with van der Waals surface area (Å²) in [6.45, 7) is -0.0594. The molecule has 6 aromatic rings. The van der Waals surface area contributed by atoms with E-state index in [1.807, 2.05) is 128 Å². The van der Waals surface area contributed by atoms with Gasteiger partial charge >= 0.3 is 59.1 Å². The van der Waals surface area contributed by atoms with E-state index in [1.165, 1.54) is 5.56 Å². The summed E-state index contributed by atoms with van der Waals surface area (Å²) in [4.78, 5) is 36.5. The Kier molecular flexibility index (Phi) is 25.3. The number of benzene rings is 6. The molecule has 0 bridgehead atoms. The molecule has 12 heteroatoms. The van der Waals surface area contributed by atoms with Gasteiger partial charge < -0.3 is 32.0 Å². The van der Waals surface area contributed by atoms with Crippen molar-refractivity contribution in [1.82, 2.24) is 10.2 Å². The summed E-state index contributed by atoms with van der Waals surface area (Å²) in [5.41, 5.74) is 3.55. The van der Waals surface area contributed by atoms with Crippen molar-refractivity contribution in [3.05, 3.63) is 168 Å². The molecule has 0 unspecified atom stereocenters. The van der Waals surface area contributed by atoms with Crippen molar-refractivity contribution < 1.29 is 95.3 Å². The minimum atomic E-state index is -0.411. The van der Waals surface area contributed by atoms with Crippen molar-refractivity contribution in [2.75, 3.05) is 27.3 Å². The summed E-state index contributed by atoms with van der Waals surface area (Å²) in [7, 11) is 3.62. The molecule has 1 amide bonds. The molecule has 6 aromatic carbocycles. The first-order valence-corrected chi connectivity index (χ1v) is 17.3. The van der Waals surface area contributed by atoms with Gasteiger partial charge in [0.25, 0.3) is 17.6 Å². The van der Waals surface area contributed by atoms with Gasteiger partial charge in [0.15, 0.2) is 0 Å². The smallest absolute Gasteiger partial charge is 1.00 e. The molecule has 2 atom stereocenters. The number of aliphatic hydroxyl groups is 2. The fraction of sp³-hybridized carbons (Fsp3) is 0.186. The third-order valence-electron chi connectivity index (χ3n) is 8.36. The van der Waals surface area contributed by atoms with Gasteiger partial charge in [-0.3, -0.25) is 14.4 Å². The Morgan fingerprint density at radius 3 is 1.55 bits per heavy atom. The first-order chi connectivity index (χ1) is 25.7. The fourth-order valence-electron chi connectivity index (χ4n) is 5.37. The predicted octanol–water partition coefficient (Wildman–Crippen LogP) is 0.0988. The maximum Gasteiger partial charge on any atom is 1.00 e. The van der Waals surface area contributed by atoms with Crippen LogP contribution in [0.25, 0.3) is 21.5 Å². The summed E-state index contributed by atoms with van der Waals surface area (Å²) in [6.07, 6.45) is 1.51. The second-order valence-electron chi connectivity index (χ2n) is 11.9. The maximum absolute atomic E-state index is 12.8. The molecule has 55 heavy (non-hydrogen) atoms. The zero-order chi connectivity index (χ0) is 38.4. The molecule has 0 aromatic heterocycles. The molecule has 6 rings (SSSR count). The number of hydrogen-bond donors (Lipinski definition) is 3. The zero-order valence-corrected chi connectivity index (χ0v) is 36.4. The first-order valence-electron chi connectivity index (χ1n) is 16.9. The molecule has 0 saturated carbocycles. The van der Waals surface area contributed by atoms with Gasteiger partial charge in [0.1, 0.15) is 0 Å². The van der Waals surface area contributed by atoms with Crippen LogP contribution in [0.4, 0.5) is 0 Å². The minimum Gasteiger partial charge on any atom is -1.00 e. The molecule has 0 fully saturated rings. The average Bonchev–Trinajstić information content (AvgIpc) is 3.22. The molecule has 9 nitrogen and oxygen atoms in total. The van der Waals surface area contributed by atoms with Crippen LogP contribution in [0.1, 0.15) is 33.3 Å². The van der Waals surface area contributed by atoms with Crippen LogP contribution >= 0.6 is 11.6 Å². The normalized spacial score (nSPS) is 10.9. The van der Waals surface area contributed by atoms with Crippen molar-refractivity contribution in [2.24, 2.45) is 0 Å². The molecule has 3 N–H and O–H groups in total. The van der Waals surface area contributed by atoms with E-state index in [0.717, 1.165) is 33.5 Å². The SMILES string of the molecule is CN(C(=O)c1ccc2ccccc2c1)[C@@H](CO)Cc1ccccc1.CN[C@@H](CO)Cc1ccccc1.O=C(Cl)c1ccc2ccccc2c1.O=CO[O-].[H-].[Na+].[Na+]. The molecule has 0 saturated heterocycles. The second-order valence-corrected chi connectivity index (χ2v) is 12.2. The van der Waals surface area contributed by atoms with E-state index in [-0.39, 0.29) is 98.2 Å². The Hall–Kier alpha value is -3.42. The number of nitrogens with zero attached hydrogens (tertiary/aromatic N) is 1. The van der Waals surface area contributed by atoms with E-state index in [4.69, 9.17) is 26.8 Å². The largest absolute Gasteiger partial charge is 1.00 e.